The van der Waals surface area contributed by atoms with Crippen molar-refractivity contribution in [3.63, 3.8) is 0 Å². The van der Waals surface area contributed by atoms with Crippen molar-refractivity contribution >= 4 is 11.8 Å². The van der Waals surface area contributed by atoms with Crippen molar-refractivity contribution < 1.29 is 14.3 Å². The van der Waals surface area contributed by atoms with Gasteiger partial charge in [0, 0.05) is 0 Å². The molecule has 0 heterocycles. The number of rotatable bonds is 4. The fraction of sp³-hybridized carbons (Fsp3) is 0.125. The van der Waals surface area contributed by atoms with Gasteiger partial charge in [-0.25, -0.2) is 0 Å². The summed E-state index contributed by atoms with van der Waals surface area (Å²) in [6.07, 6.45) is 0. The van der Waals surface area contributed by atoms with Crippen molar-refractivity contribution in [2.24, 2.45) is 0 Å². The third kappa shape index (κ3) is 3.28. The van der Waals surface area contributed by atoms with Crippen LogP contribution in [0.15, 0.2) is 60.7 Å². The average Bonchev–Trinajstić information content (AvgIpc) is 2.40. The standard InChI is InChI=1S/C16H14O3/c1-12(17)15(13-8-4-2-5-9-13)16(18)19-14-10-6-3-7-11-14/h2-11,15H,1H3. The quantitative estimate of drug-likeness (QED) is 0.478. The lowest BCUT2D eigenvalue weighted by Crippen LogP contribution is -2.24. The summed E-state index contributed by atoms with van der Waals surface area (Å²) in [5, 5.41) is 0. The van der Waals surface area contributed by atoms with Gasteiger partial charge in [0.1, 0.15) is 17.5 Å². The second-order valence-electron chi connectivity index (χ2n) is 4.19. The molecule has 0 aliphatic rings. The summed E-state index contributed by atoms with van der Waals surface area (Å²) >= 11 is 0. The lowest BCUT2D eigenvalue weighted by molar-refractivity contribution is -0.139. The number of Topliss-reactive ketones (excluding diaryl/α,β-unsaturated/α-hetero) is 1. The molecular formula is C16H14O3. The molecule has 3 heteroatoms. The van der Waals surface area contributed by atoms with Crippen molar-refractivity contribution in [3.8, 4) is 5.75 Å². The minimum Gasteiger partial charge on any atom is -0.426 e. The van der Waals surface area contributed by atoms with Gasteiger partial charge in [-0.3, -0.25) is 9.59 Å². The largest absolute Gasteiger partial charge is 0.426 e. The maximum absolute atomic E-state index is 12.1. The van der Waals surface area contributed by atoms with Crippen LogP contribution in [0, 0.1) is 0 Å². The fourth-order valence-corrected chi connectivity index (χ4v) is 1.85. The van der Waals surface area contributed by atoms with Crippen molar-refractivity contribution in [2.45, 2.75) is 12.8 Å². The Morgan fingerprint density at radius 1 is 0.895 bits per heavy atom. The van der Waals surface area contributed by atoms with E-state index in [9.17, 15) is 9.59 Å². The van der Waals surface area contributed by atoms with Crippen molar-refractivity contribution in [3.05, 3.63) is 66.2 Å². The molecule has 19 heavy (non-hydrogen) atoms. The van der Waals surface area contributed by atoms with E-state index in [0.29, 0.717) is 11.3 Å². The summed E-state index contributed by atoms with van der Waals surface area (Å²) in [5.74, 6) is -1.21. The Hall–Kier alpha value is -2.42. The Labute approximate surface area is 111 Å². The Balaban J connectivity index is 2.21. The number of para-hydroxylation sites is 1. The van der Waals surface area contributed by atoms with Gasteiger partial charge in [0.25, 0.3) is 0 Å². The van der Waals surface area contributed by atoms with E-state index in [4.69, 9.17) is 4.74 Å². The molecule has 0 fully saturated rings. The molecule has 2 aromatic carbocycles. The van der Waals surface area contributed by atoms with Crippen molar-refractivity contribution in [1.29, 1.82) is 0 Å². The molecule has 0 bridgehead atoms. The number of hydrogen-bond donors (Lipinski definition) is 0. The number of esters is 1. The van der Waals surface area contributed by atoms with E-state index < -0.39 is 11.9 Å². The van der Waals surface area contributed by atoms with Crippen LogP contribution in [0.5, 0.6) is 5.75 Å². The van der Waals surface area contributed by atoms with Crippen LogP contribution in [0.4, 0.5) is 0 Å². The van der Waals surface area contributed by atoms with Gasteiger partial charge >= 0.3 is 5.97 Å². The first-order valence-corrected chi connectivity index (χ1v) is 6.00. The Kier molecular flexibility index (Phi) is 4.08. The maximum Gasteiger partial charge on any atom is 0.326 e. The van der Waals surface area contributed by atoms with Gasteiger partial charge in [-0.2, -0.15) is 0 Å². The molecule has 1 atom stereocenters. The number of carbonyl (C=O) groups is 2. The molecule has 0 aliphatic heterocycles. The van der Waals surface area contributed by atoms with Gasteiger partial charge in [-0.1, -0.05) is 48.5 Å². The Bertz CT molecular complexity index is 561. The highest BCUT2D eigenvalue weighted by Gasteiger charge is 2.27. The highest BCUT2D eigenvalue weighted by molar-refractivity contribution is 6.04. The first-order valence-electron chi connectivity index (χ1n) is 6.00. The smallest absolute Gasteiger partial charge is 0.326 e. The molecule has 0 saturated heterocycles. The van der Waals surface area contributed by atoms with Crippen LogP contribution in [0.1, 0.15) is 18.4 Å². The van der Waals surface area contributed by atoms with E-state index >= 15 is 0 Å². The summed E-state index contributed by atoms with van der Waals surface area (Å²) in [4.78, 5) is 23.8. The molecule has 2 aromatic rings. The van der Waals surface area contributed by atoms with Gasteiger partial charge in [-0.15, -0.1) is 0 Å². The third-order valence-electron chi connectivity index (χ3n) is 2.74. The minimum absolute atomic E-state index is 0.230. The molecule has 0 amide bonds. The molecular weight excluding hydrogens is 240 g/mol. The molecule has 96 valence electrons. The van der Waals surface area contributed by atoms with Gasteiger partial charge in [0.15, 0.2) is 0 Å². The highest BCUT2D eigenvalue weighted by atomic mass is 16.5. The van der Waals surface area contributed by atoms with Crippen LogP contribution in [-0.4, -0.2) is 11.8 Å². The minimum atomic E-state index is -0.874. The third-order valence-corrected chi connectivity index (χ3v) is 2.74. The Morgan fingerprint density at radius 3 is 1.95 bits per heavy atom. The lowest BCUT2D eigenvalue weighted by atomic mass is 9.96. The molecule has 2 rings (SSSR count). The molecule has 0 N–H and O–H groups in total. The van der Waals surface area contributed by atoms with Crippen LogP contribution in [0.2, 0.25) is 0 Å². The second kappa shape index (κ2) is 5.96. The normalized spacial score (nSPS) is 11.6. The second-order valence-corrected chi connectivity index (χ2v) is 4.19. The van der Waals surface area contributed by atoms with Crippen LogP contribution >= 0.6 is 0 Å². The summed E-state index contributed by atoms with van der Waals surface area (Å²) in [6, 6.07) is 17.7. The van der Waals surface area contributed by atoms with Crippen molar-refractivity contribution in [2.75, 3.05) is 0 Å². The predicted octanol–water partition coefficient (Wildman–Crippen LogP) is 2.96. The number of carbonyl (C=O) groups excluding carboxylic acids is 2. The van der Waals surface area contributed by atoms with Crippen LogP contribution in [0.3, 0.4) is 0 Å². The zero-order chi connectivity index (χ0) is 13.7. The van der Waals surface area contributed by atoms with E-state index in [-0.39, 0.29) is 5.78 Å². The molecule has 0 aliphatic carbocycles. The van der Waals surface area contributed by atoms with Gasteiger partial charge < -0.3 is 4.74 Å². The lowest BCUT2D eigenvalue weighted by Gasteiger charge is -2.13. The van der Waals surface area contributed by atoms with E-state index in [1.54, 1.807) is 48.5 Å². The molecule has 0 aromatic heterocycles. The number of benzene rings is 2. The zero-order valence-corrected chi connectivity index (χ0v) is 10.6. The highest BCUT2D eigenvalue weighted by Crippen LogP contribution is 2.20. The molecule has 0 radical (unpaired) electrons. The SMILES string of the molecule is CC(=O)C(C(=O)Oc1ccccc1)c1ccccc1. The monoisotopic (exact) mass is 254 g/mol. The summed E-state index contributed by atoms with van der Waals surface area (Å²) in [5.41, 5.74) is 0.649. The summed E-state index contributed by atoms with van der Waals surface area (Å²) < 4.78 is 5.23. The van der Waals surface area contributed by atoms with E-state index in [1.807, 2.05) is 12.1 Å². The molecule has 0 spiro atoms. The average molecular weight is 254 g/mol. The number of ketones is 1. The number of hydrogen-bond acceptors (Lipinski definition) is 3. The fourth-order valence-electron chi connectivity index (χ4n) is 1.85. The summed E-state index contributed by atoms with van der Waals surface area (Å²) in [7, 11) is 0. The van der Waals surface area contributed by atoms with E-state index in [2.05, 4.69) is 0 Å². The maximum atomic E-state index is 12.1. The van der Waals surface area contributed by atoms with Gasteiger partial charge in [0.2, 0.25) is 0 Å². The topological polar surface area (TPSA) is 43.4 Å². The Morgan fingerprint density at radius 2 is 1.42 bits per heavy atom. The van der Waals surface area contributed by atoms with Crippen LogP contribution in [0.25, 0.3) is 0 Å². The molecule has 0 saturated carbocycles. The van der Waals surface area contributed by atoms with E-state index in [1.165, 1.54) is 6.92 Å². The van der Waals surface area contributed by atoms with Crippen molar-refractivity contribution in [1.82, 2.24) is 0 Å². The molecule has 1 unspecified atom stereocenters. The summed E-state index contributed by atoms with van der Waals surface area (Å²) in [6.45, 7) is 1.39. The van der Waals surface area contributed by atoms with Crippen LogP contribution < -0.4 is 4.74 Å². The first kappa shape index (κ1) is 13.0. The zero-order valence-electron chi connectivity index (χ0n) is 10.6. The van der Waals surface area contributed by atoms with Crippen LogP contribution in [-0.2, 0) is 9.59 Å². The predicted molar refractivity (Wildman–Crippen MR) is 71.9 cm³/mol. The van der Waals surface area contributed by atoms with E-state index in [0.717, 1.165) is 0 Å². The first-order chi connectivity index (χ1) is 9.18. The van der Waals surface area contributed by atoms with Gasteiger partial charge in [-0.05, 0) is 24.6 Å². The molecule has 3 nitrogen and oxygen atoms in total. The number of ether oxygens (including phenoxy) is 1. The van der Waals surface area contributed by atoms with Gasteiger partial charge in [0.05, 0.1) is 0 Å².